The van der Waals surface area contributed by atoms with E-state index in [1.807, 2.05) is 23.1 Å². The lowest BCUT2D eigenvalue weighted by Gasteiger charge is -2.29. The minimum Gasteiger partial charge on any atom is -0.481 e. The number of benzene rings is 1. The maximum absolute atomic E-state index is 12.3. The predicted octanol–water partition coefficient (Wildman–Crippen LogP) is 2.52. The van der Waals surface area contributed by atoms with Crippen molar-refractivity contribution in [2.24, 2.45) is 0 Å². The van der Waals surface area contributed by atoms with Gasteiger partial charge in [-0.15, -0.1) is 0 Å². The summed E-state index contributed by atoms with van der Waals surface area (Å²) in [4.78, 5) is 14.2. The van der Waals surface area contributed by atoms with Crippen LogP contribution >= 0.6 is 0 Å². The van der Waals surface area contributed by atoms with E-state index in [2.05, 4.69) is 0 Å². The van der Waals surface area contributed by atoms with Crippen LogP contribution in [0, 0.1) is 0 Å². The Labute approximate surface area is 120 Å². The van der Waals surface area contributed by atoms with Gasteiger partial charge >= 0.3 is 0 Å². The third kappa shape index (κ3) is 3.51. The van der Waals surface area contributed by atoms with Gasteiger partial charge in [-0.2, -0.15) is 0 Å². The fourth-order valence-electron chi connectivity index (χ4n) is 2.55. The molecule has 1 fully saturated rings. The molecule has 110 valence electrons. The van der Waals surface area contributed by atoms with Crippen molar-refractivity contribution in [2.75, 3.05) is 13.1 Å². The molecular formula is C16H23NO3. The van der Waals surface area contributed by atoms with E-state index < -0.39 is 12.2 Å². The van der Waals surface area contributed by atoms with Crippen molar-refractivity contribution < 1.29 is 14.6 Å². The van der Waals surface area contributed by atoms with Gasteiger partial charge in [-0.25, -0.2) is 0 Å². The SMILES string of the molecule is CC(Oc1ccccc1[C@@H](C)O)C(=O)N1CCCCC1. The fraction of sp³-hybridized carbons (Fsp3) is 0.562. The van der Waals surface area contributed by atoms with Crippen LogP contribution in [0.15, 0.2) is 24.3 Å². The lowest BCUT2D eigenvalue weighted by Crippen LogP contribution is -2.43. The first kappa shape index (κ1) is 14.9. The number of ether oxygens (including phenoxy) is 1. The fourth-order valence-corrected chi connectivity index (χ4v) is 2.55. The molecule has 0 spiro atoms. The molecule has 4 heteroatoms. The zero-order valence-electron chi connectivity index (χ0n) is 12.2. The molecule has 20 heavy (non-hydrogen) atoms. The summed E-state index contributed by atoms with van der Waals surface area (Å²) in [6, 6.07) is 7.31. The monoisotopic (exact) mass is 277 g/mol. The van der Waals surface area contributed by atoms with Gasteiger partial charge in [0.2, 0.25) is 0 Å². The molecule has 1 aromatic carbocycles. The van der Waals surface area contributed by atoms with Gasteiger partial charge in [-0.1, -0.05) is 18.2 Å². The van der Waals surface area contributed by atoms with Gasteiger partial charge in [0.05, 0.1) is 6.10 Å². The second kappa shape index (κ2) is 6.75. The molecule has 0 saturated carbocycles. The summed E-state index contributed by atoms with van der Waals surface area (Å²) in [5.74, 6) is 0.616. The van der Waals surface area contributed by atoms with Gasteiger partial charge < -0.3 is 14.7 Å². The van der Waals surface area contributed by atoms with E-state index >= 15 is 0 Å². The van der Waals surface area contributed by atoms with Gasteiger partial charge in [-0.05, 0) is 39.2 Å². The summed E-state index contributed by atoms with van der Waals surface area (Å²) >= 11 is 0. The summed E-state index contributed by atoms with van der Waals surface area (Å²) in [5.41, 5.74) is 0.714. The number of nitrogens with zero attached hydrogens (tertiary/aromatic N) is 1. The molecule has 1 aromatic rings. The van der Waals surface area contributed by atoms with Crippen molar-refractivity contribution in [3.05, 3.63) is 29.8 Å². The standard InChI is InChI=1S/C16H23NO3/c1-12(18)14-8-4-5-9-15(14)20-13(2)16(19)17-10-6-3-7-11-17/h4-5,8-9,12-13,18H,3,6-7,10-11H2,1-2H3/t12-,13?/m1/s1. The summed E-state index contributed by atoms with van der Waals surface area (Å²) in [7, 11) is 0. The zero-order chi connectivity index (χ0) is 14.5. The Kier molecular flexibility index (Phi) is 5.01. The third-order valence-electron chi connectivity index (χ3n) is 3.69. The number of piperidine rings is 1. The number of carbonyl (C=O) groups excluding carboxylic acids is 1. The highest BCUT2D eigenvalue weighted by Gasteiger charge is 2.24. The first-order valence-corrected chi connectivity index (χ1v) is 7.32. The van der Waals surface area contributed by atoms with Gasteiger partial charge in [0, 0.05) is 18.7 Å². The molecule has 1 amide bonds. The van der Waals surface area contributed by atoms with E-state index in [4.69, 9.17) is 4.74 Å². The Morgan fingerprint density at radius 1 is 1.20 bits per heavy atom. The van der Waals surface area contributed by atoms with Crippen LogP contribution in [0.4, 0.5) is 0 Å². The molecule has 0 radical (unpaired) electrons. The number of carbonyl (C=O) groups is 1. The van der Waals surface area contributed by atoms with Gasteiger partial charge in [0.25, 0.3) is 5.91 Å². The molecule has 0 aliphatic carbocycles. The number of hydrogen-bond donors (Lipinski definition) is 1. The van der Waals surface area contributed by atoms with E-state index in [0.717, 1.165) is 25.9 Å². The molecule has 1 aliphatic rings. The second-order valence-corrected chi connectivity index (χ2v) is 5.36. The molecule has 0 aromatic heterocycles. The Morgan fingerprint density at radius 2 is 1.85 bits per heavy atom. The first-order valence-electron chi connectivity index (χ1n) is 7.32. The average Bonchev–Trinajstić information content (AvgIpc) is 2.47. The Bertz CT molecular complexity index is 453. The van der Waals surface area contributed by atoms with Crippen molar-refractivity contribution >= 4 is 5.91 Å². The van der Waals surface area contributed by atoms with Crippen molar-refractivity contribution in [3.8, 4) is 5.75 Å². The predicted molar refractivity (Wildman–Crippen MR) is 77.6 cm³/mol. The van der Waals surface area contributed by atoms with Crippen LogP contribution < -0.4 is 4.74 Å². The van der Waals surface area contributed by atoms with Gasteiger partial charge in [0.1, 0.15) is 5.75 Å². The molecule has 2 atom stereocenters. The first-order chi connectivity index (χ1) is 9.59. The van der Waals surface area contributed by atoms with Crippen molar-refractivity contribution in [3.63, 3.8) is 0 Å². The number of likely N-dealkylation sites (tertiary alicyclic amines) is 1. The number of hydrogen-bond acceptors (Lipinski definition) is 3. The molecule has 1 N–H and O–H groups in total. The average molecular weight is 277 g/mol. The molecular weight excluding hydrogens is 254 g/mol. The summed E-state index contributed by atoms with van der Waals surface area (Å²) in [5, 5.41) is 9.73. The Balaban J connectivity index is 2.03. The van der Waals surface area contributed by atoms with E-state index in [1.54, 1.807) is 19.9 Å². The highest BCUT2D eigenvalue weighted by molar-refractivity contribution is 5.81. The topological polar surface area (TPSA) is 49.8 Å². The molecule has 1 aliphatic heterocycles. The van der Waals surface area contributed by atoms with Crippen LogP contribution in [-0.4, -0.2) is 35.1 Å². The highest BCUT2D eigenvalue weighted by Crippen LogP contribution is 2.26. The molecule has 4 nitrogen and oxygen atoms in total. The molecule has 1 heterocycles. The van der Waals surface area contributed by atoms with Crippen LogP contribution in [-0.2, 0) is 4.79 Å². The van der Waals surface area contributed by atoms with Crippen LogP contribution in [0.25, 0.3) is 0 Å². The maximum Gasteiger partial charge on any atom is 0.263 e. The van der Waals surface area contributed by atoms with Gasteiger partial charge in [-0.3, -0.25) is 4.79 Å². The van der Waals surface area contributed by atoms with Crippen LogP contribution in [0.5, 0.6) is 5.75 Å². The lowest BCUT2D eigenvalue weighted by atomic mass is 10.1. The largest absolute Gasteiger partial charge is 0.481 e. The smallest absolute Gasteiger partial charge is 0.263 e. The normalized spacial score (nSPS) is 18.4. The second-order valence-electron chi connectivity index (χ2n) is 5.36. The maximum atomic E-state index is 12.3. The van der Waals surface area contributed by atoms with Crippen molar-refractivity contribution in [2.45, 2.75) is 45.3 Å². The quantitative estimate of drug-likeness (QED) is 0.920. The van der Waals surface area contributed by atoms with Gasteiger partial charge in [0.15, 0.2) is 6.10 Å². The summed E-state index contributed by atoms with van der Waals surface area (Å²) < 4.78 is 5.77. The molecule has 0 bridgehead atoms. The number of aliphatic hydroxyl groups is 1. The van der Waals surface area contributed by atoms with Crippen LogP contribution in [0.2, 0.25) is 0 Å². The minimum atomic E-state index is -0.608. The minimum absolute atomic E-state index is 0.0325. The zero-order valence-corrected chi connectivity index (χ0v) is 12.2. The van der Waals surface area contributed by atoms with Crippen molar-refractivity contribution in [1.82, 2.24) is 4.90 Å². The van der Waals surface area contributed by atoms with E-state index in [1.165, 1.54) is 6.42 Å². The van der Waals surface area contributed by atoms with E-state index in [-0.39, 0.29) is 5.91 Å². The number of para-hydroxylation sites is 1. The molecule has 1 unspecified atom stereocenters. The van der Waals surface area contributed by atoms with Crippen LogP contribution in [0.3, 0.4) is 0 Å². The van der Waals surface area contributed by atoms with Crippen LogP contribution in [0.1, 0.15) is 44.8 Å². The summed E-state index contributed by atoms with van der Waals surface area (Å²) in [6.07, 6.45) is 2.21. The summed E-state index contributed by atoms with van der Waals surface area (Å²) in [6.45, 7) is 5.12. The Hall–Kier alpha value is -1.55. The number of rotatable bonds is 4. The number of aliphatic hydroxyl groups excluding tert-OH is 1. The number of amides is 1. The highest BCUT2D eigenvalue weighted by atomic mass is 16.5. The third-order valence-corrected chi connectivity index (χ3v) is 3.69. The Morgan fingerprint density at radius 3 is 2.50 bits per heavy atom. The molecule has 1 saturated heterocycles. The van der Waals surface area contributed by atoms with E-state index in [9.17, 15) is 9.90 Å². The molecule has 2 rings (SSSR count). The van der Waals surface area contributed by atoms with Crippen molar-refractivity contribution in [1.29, 1.82) is 0 Å². The van der Waals surface area contributed by atoms with E-state index in [0.29, 0.717) is 11.3 Å². The lowest BCUT2D eigenvalue weighted by molar-refractivity contribution is -0.138.